The molecule has 0 bridgehead atoms. The van der Waals surface area contributed by atoms with Crippen molar-refractivity contribution >= 4 is 49.7 Å². The Labute approximate surface area is 100.0 Å². The predicted molar refractivity (Wildman–Crippen MR) is 36.6 cm³/mol. The molecule has 1 aliphatic carbocycles. The van der Waals surface area contributed by atoms with E-state index >= 15 is 0 Å². The van der Waals surface area contributed by atoms with Gasteiger partial charge in [-0.2, -0.15) is 0 Å². The van der Waals surface area contributed by atoms with Crippen LogP contribution in [-0.4, -0.2) is 49.7 Å². The van der Waals surface area contributed by atoms with Crippen LogP contribution in [0, 0.1) is 11.8 Å². The van der Waals surface area contributed by atoms with Crippen LogP contribution in [-0.2, 0) is 9.59 Å². The molecule has 4 nitrogen and oxygen atoms in total. The smallest absolute Gasteiger partial charge is 0.550 e. The van der Waals surface area contributed by atoms with E-state index in [2.05, 4.69) is 0 Å². The number of carbonyl (C=O) groups excluding carboxylic acids is 2. The van der Waals surface area contributed by atoms with Crippen LogP contribution in [0.1, 0.15) is 19.3 Å². The van der Waals surface area contributed by atoms with Gasteiger partial charge in [0.25, 0.3) is 0 Å². The van der Waals surface area contributed by atoms with Crippen molar-refractivity contribution in [2.24, 2.45) is 11.8 Å². The Bertz CT molecular complexity index is 172. The summed E-state index contributed by atoms with van der Waals surface area (Å²) in [5.41, 5.74) is 0. The van der Waals surface area contributed by atoms with Gasteiger partial charge in [-0.15, -0.1) is 0 Å². The zero-order valence-corrected chi connectivity index (χ0v) is 8.82. The Kier molecular flexibility index (Phi) is 5.13. The zero-order valence-electron chi connectivity index (χ0n) is 6.62. The normalized spacial score (nSPS) is 27.7. The van der Waals surface area contributed by atoms with E-state index < -0.39 is 23.8 Å². The summed E-state index contributed by atoms with van der Waals surface area (Å²) in [7, 11) is 0. The van der Waals surface area contributed by atoms with Crippen molar-refractivity contribution in [1.82, 2.24) is 0 Å². The Hall–Kier alpha value is 0.200. The summed E-state index contributed by atoms with van der Waals surface area (Å²) in [5, 5.41) is 20.5. The van der Waals surface area contributed by atoms with Crippen molar-refractivity contribution < 1.29 is 19.8 Å². The zero-order chi connectivity index (χ0) is 8.43. The Morgan fingerprint density at radius 2 is 1.33 bits per heavy atom. The molecule has 0 radical (unpaired) electrons. The van der Waals surface area contributed by atoms with E-state index in [1.165, 1.54) is 0 Å². The number of hydrogen-bond donors (Lipinski definition) is 0. The van der Waals surface area contributed by atoms with E-state index in [9.17, 15) is 19.8 Å². The second kappa shape index (κ2) is 5.04. The van der Waals surface area contributed by atoms with Crippen molar-refractivity contribution in [3.63, 3.8) is 0 Å². The van der Waals surface area contributed by atoms with Gasteiger partial charge in [-0.3, -0.25) is 0 Å². The monoisotopic (exact) mass is 196 g/mol. The molecule has 0 aromatic heterocycles. The molecule has 2 unspecified atom stereocenters. The van der Waals surface area contributed by atoms with Gasteiger partial charge in [-0.25, -0.2) is 0 Å². The van der Waals surface area contributed by atoms with Gasteiger partial charge in [0.1, 0.15) is 0 Å². The van der Waals surface area contributed by atoms with Crippen LogP contribution >= 0.6 is 0 Å². The third kappa shape index (κ3) is 2.92. The molecule has 0 saturated heterocycles. The quantitative estimate of drug-likeness (QED) is 0.458. The number of carboxylic acids is 2. The first kappa shape index (κ1) is 12.2. The van der Waals surface area contributed by atoms with Gasteiger partial charge in [0, 0.05) is 11.9 Å². The molecule has 1 fully saturated rings. The molecule has 0 aromatic carbocycles. The summed E-state index contributed by atoms with van der Waals surface area (Å²) < 4.78 is 0. The molecule has 2 atom stereocenters. The van der Waals surface area contributed by atoms with Gasteiger partial charge in [0.05, 0.1) is 0 Å². The van der Waals surface area contributed by atoms with E-state index in [0.717, 1.165) is 0 Å². The standard InChI is InChI=1S/C7H10O4.Ca/c8-6(9)4-1-2-5(3-4)7(10)11;/h4-5H,1-3H2,(H,8,9)(H,10,11);/q;+2/p-2. The molecule has 0 aromatic rings. The van der Waals surface area contributed by atoms with Gasteiger partial charge < -0.3 is 19.8 Å². The van der Waals surface area contributed by atoms with E-state index in [1.807, 2.05) is 0 Å². The fourth-order valence-electron chi connectivity index (χ4n) is 1.41. The molecule has 0 spiro atoms. The average molecular weight is 196 g/mol. The van der Waals surface area contributed by atoms with Crippen molar-refractivity contribution in [3.8, 4) is 0 Å². The maximum Gasteiger partial charge on any atom is 2.00 e. The molecule has 1 rings (SSSR count). The van der Waals surface area contributed by atoms with Crippen molar-refractivity contribution in [1.29, 1.82) is 0 Å². The largest absolute Gasteiger partial charge is 2.00 e. The van der Waals surface area contributed by atoms with Crippen LogP contribution in [0.25, 0.3) is 0 Å². The van der Waals surface area contributed by atoms with Gasteiger partial charge in [-0.05, 0) is 31.1 Å². The minimum absolute atomic E-state index is 0. The Morgan fingerprint density at radius 1 is 1.00 bits per heavy atom. The van der Waals surface area contributed by atoms with Crippen LogP contribution in [0.5, 0.6) is 0 Å². The summed E-state index contributed by atoms with van der Waals surface area (Å²) in [6.07, 6.45) is 0.979. The molecule has 5 heteroatoms. The van der Waals surface area contributed by atoms with Gasteiger partial charge >= 0.3 is 37.7 Å². The molecule has 12 heavy (non-hydrogen) atoms. The van der Waals surface area contributed by atoms with Gasteiger partial charge in [0.2, 0.25) is 0 Å². The van der Waals surface area contributed by atoms with Crippen LogP contribution in [0.2, 0.25) is 0 Å². The number of aliphatic carboxylic acids is 2. The Balaban J connectivity index is 0.00000121. The second-order valence-electron chi connectivity index (χ2n) is 2.84. The fraction of sp³-hybridized carbons (Fsp3) is 0.714. The van der Waals surface area contributed by atoms with Crippen LogP contribution < -0.4 is 10.2 Å². The topological polar surface area (TPSA) is 80.3 Å². The first-order valence-corrected chi connectivity index (χ1v) is 3.53. The molecule has 0 heterocycles. The second-order valence-corrected chi connectivity index (χ2v) is 2.84. The van der Waals surface area contributed by atoms with Crippen molar-refractivity contribution in [3.05, 3.63) is 0 Å². The maximum atomic E-state index is 10.2. The number of carbonyl (C=O) groups is 2. The third-order valence-electron chi connectivity index (χ3n) is 2.10. The predicted octanol–water partition coefficient (Wildman–Crippen LogP) is -2.48. The Morgan fingerprint density at radius 3 is 1.50 bits per heavy atom. The molecule has 62 valence electrons. The summed E-state index contributed by atoms with van der Waals surface area (Å²) >= 11 is 0. The number of rotatable bonds is 2. The summed E-state index contributed by atoms with van der Waals surface area (Å²) in [6.45, 7) is 0. The fourth-order valence-corrected chi connectivity index (χ4v) is 1.41. The summed E-state index contributed by atoms with van der Waals surface area (Å²) in [6, 6.07) is 0. The van der Waals surface area contributed by atoms with Crippen LogP contribution in [0.4, 0.5) is 0 Å². The van der Waals surface area contributed by atoms with E-state index in [-0.39, 0.29) is 44.2 Å². The number of hydrogen-bond acceptors (Lipinski definition) is 4. The van der Waals surface area contributed by atoms with E-state index in [0.29, 0.717) is 12.8 Å². The molecule has 0 amide bonds. The van der Waals surface area contributed by atoms with Crippen molar-refractivity contribution in [2.75, 3.05) is 0 Å². The summed E-state index contributed by atoms with van der Waals surface area (Å²) in [5.74, 6) is -3.46. The number of carboxylic acid groups (broad SMARTS) is 2. The molecular weight excluding hydrogens is 188 g/mol. The maximum absolute atomic E-state index is 10.2. The first-order valence-electron chi connectivity index (χ1n) is 3.53. The molecule has 1 saturated carbocycles. The molecule has 0 aliphatic heterocycles. The molecule has 1 aliphatic rings. The van der Waals surface area contributed by atoms with E-state index in [4.69, 9.17) is 0 Å². The van der Waals surface area contributed by atoms with Gasteiger partial charge in [0.15, 0.2) is 0 Å². The minimum atomic E-state index is -1.14. The molecular formula is C7H8CaO4. The molecule has 0 N–H and O–H groups in total. The first-order chi connectivity index (χ1) is 5.11. The van der Waals surface area contributed by atoms with Crippen molar-refractivity contribution in [2.45, 2.75) is 19.3 Å². The van der Waals surface area contributed by atoms with Crippen LogP contribution in [0.3, 0.4) is 0 Å². The van der Waals surface area contributed by atoms with Gasteiger partial charge in [-0.1, -0.05) is 0 Å². The summed E-state index contributed by atoms with van der Waals surface area (Å²) in [4.78, 5) is 20.5. The minimum Gasteiger partial charge on any atom is -0.550 e. The van der Waals surface area contributed by atoms with E-state index in [1.54, 1.807) is 0 Å². The third-order valence-corrected chi connectivity index (χ3v) is 2.10. The van der Waals surface area contributed by atoms with Crippen LogP contribution in [0.15, 0.2) is 0 Å². The average Bonchev–Trinajstić information content (AvgIpc) is 2.33. The SMILES string of the molecule is O=C([O-])C1CCC(C(=O)[O-])C1.[Ca+2].